The van der Waals surface area contributed by atoms with Crippen molar-refractivity contribution in [2.24, 2.45) is 11.8 Å². The summed E-state index contributed by atoms with van der Waals surface area (Å²) in [7, 11) is 9.46. The first-order valence-corrected chi connectivity index (χ1v) is 24.9. The summed E-state index contributed by atoms with van der Waals surface area (Å²) in [6, 6.07) is 7.91. The Morgan fingerprint density at radius 3 is 1.33 bits per heavy atom. The van der Waals surface area contributed by atoms with E-state index in [1.54, 1.807) is 28.4 Å². The molecule has 0 heterocycles. The number of rotatable bonds is 10. The summed E-state index contributed by atoms with van der Waals surface area (Å²) >= 11 is 7.71. The summed E-state index contributed by atoms with van der Waals surface area (Å²) in [6.45, 7) is 11.8. The van der Waals surface area contributed by atoms with E-state index in [0.29, 0.717) is 11.5 Å². The molecular weight excluding hydrogens is 834 g/mol. The number of carbonyl (C=O) groups excluding carboxylic acids is 2. The molecule has 0 spiro atoms. The summed E-state index contributed by atoms with van der Waals surface area (Å²) in [4.78, 5) is 24.5. The molecule has 2 aliphatic rings. The Morgan fingerprint density at radius 2 is 1.04 bits per heavy atom. The Morgan fingerprint density at radius 1 is 0.706 bits per heavy atom. The van der Waals surface area contributed by atoms with Gasteiger partial charge in [0.05, 0.1) is 54.5 Å². The third kappa shape index (κ3) is 13.2. The number of benzene rings is 2. The zero-order valence-electron chi connectivity index (χ0n) is 32.2. The van der Waals surface area contributed by atoms with Crippen molar-refractivity contribution in [3.8, 4) is 23.0 Å². The number of halogens is 2. The predicted molar refractivity (Wildman–Crippen MR) is 208 cm³/mol. The van der Waals surface area contributed by atoms with E-state index in [-0.39, 0.29) is 35.6 Å². The van der Waals surface area contributed by atoms with Crippen molar-refractivity contribution in [3.63, 3.8) is 0 Å². The molecule has 2 aliphatic carbocycles. The number of esters is 2. The van der Waals surface area contributed by atoms with Crippen molar-refractivity contribution < 1.29 is 54.4 Å². The van der Waals surface area contributed by atoms with Gasteiger partial charge in [-0.2, -0.15) is 6.42 Å². The Bertz CT molecular complexity index is 1410. The standard InChI is InChI=1S/C20H28O4.C17H21BrO4.C3H7.BrH.Zn/c1-6-7-14-11-17(22-3)19(18(12-14)23-4)16-10-13(2)8-9-15(16)20(21)24-5;1-10-5-6-12(17(19)22-4)13(7-10)16-14(20-2)8-11(18)9-15(16)21-3;1-3-2;;/h10-12,15-16H,6-9H2,1-5H3;7-9,12-13H,5-6H2,1-4H3;1,3H2,2H3;1H;/q;;-1;;+2/p-1/t15-,16-;12-,13-;;;/m11.../s1. The zero-order chi connectivity index (χ0) is 38.7. The Hall–Kier alpha value is -2.36. The van der Waals surface area contributed by atoms with Crippen molar-refractivity contribution >= 4 is 41.5 Å². The van der Waals surface area contributed by atoms with E-state index < -0.39 is 0 Å². The van der Waals surface area contributed by atoms with Gasteiger partial charge >= 0.3 is 41.9 Å². The maximum atomic E-state index is 12.3. The molecule has 8 nitrogen and oxygen atoms in total. The van der Waals surface area contributed by atoms with Crippen molar-refractivity contribution in [1.29, 1.82) is 0 Å². The molecule has 280 valence electrons. The molecule has 4 rings (SSSR count). The number of hydrogen-bond acceptors (Lipinski definition) is 8. The quantitative estimate of drug-likeness (QED) is 0.101. The number of ether oxygens (including phenoxy) is 6. The molecule has 0 fully saturated rings. The first kappa shape index (κ1) is 46.7. The van der Waals surface area contributed by atoms with Crippen LogP contribution in [-0.2, 0) is 41.8 Å². The van der Waals surface area contributed by atoms with Crippen molar-refractivity contribution in [3.05, 3.63) is 75.7 Å². The maximum absolute atomic E-state index is 12.3. The van der Waals surface area contributed by atoms with Crippen LogP contribution in [0, 0.1) is 18.8 Å². The average molecular weight is 890 g/mol. The van der Waals surface area contributed by atoms with Gasteiger partial charge in [-0.25, -0.2) is 0 Å². The molecular formula is C40H56Br2O8Zn. The summed E-state index contributed by atoms with van der Waals surface area (Å²) in [6.07, 6.45) is 10.7. The van der Waals surface area contributed by atoms with Gasteiger partial charge in [0.1, 0.15) is 23.0 Å². The first-order valence-electron chi connectivity index (χ1n) is 17.2. The molecule has 0 aliphatic heterocycles. The molecule has 0 N–H and O–H groups in total. The fourth-order valence-electron chi connectivity index (χ4n) is 6.53. The third-order valence-electron chi connectivity index (χ3n) is 8.82. The van der Waals surface area contributed by atoms with E-state index in [1.807, 2.05) is 19.1 Å². The fraction of sp³-hybridized carbons (Fsp3) is 0.525. The van der Waals surface area contributed by atoms with Gasteiger partial charge in [0, 0.05) is 27.4 Å². The molecule has 51 heavy (non-hydrogen) atoms. The molecule has 0 bridgehead atoms. The summed E-state index contributed by atoms with van der Waals surface area (Å²) < 4.78 is 33.3. The molecule has 2 aromatic carbocycles. The normalized spacial score (nSPS) is 19.1. The molecule has 11 heteroatoms. The van der Waals surface area contributed by atoms with Crippen LogP contribution in [0.4, 0.5) is 0 Å². The van der Waals surface area contributed by atoms with Gasteiger partial charge in [0.2, 0.25) is 0 Å². The van der Waals surface area contributed by atoms with E-state index in [1.165, 1.54) is 47.3 Å². The van der Waals surface area contributed by atoms with E-state index in [0.717, 1.165) is 72.0 Å². The zero-order valence-corrected chi connectivity index (χ0v) is 38.3. The van der Waals surface area contributed by atoms with Crippen LogP contribution in [0.1, 0.15) is 94.7 Å². The van der Waals surface area contributed by atoms with Crippen molar-refractivity contribution in [1.82, 2.24) is 0 Å². The van der Waals surface area contributed by atoms with Gasteiger partial charge in [-0.1, -0.05) is 59.5 Å². The predicted octanol–water partition coefficient (Wildman–Crippen LogP) is 10.4. The SMILES string of the molecule is CCCc1cc(OC)c([C@@H]2C=C(C)CC[C@H]2C(=O)OC)c(OC)c1.COC(=O)[C@@H]1CCC(C)=C[C@H]1c1c(OC)cc(Br)cc1OC.[CH2-]CC.[Zn+][Br]. The molecule has 0 saturated carbocycles. The van der Waals surface area contributed by atoms with Crippen molar-refractivity contribution in [2.45, 2.75) is 84.5 Å². The number of hydrogen-bond donors (Lipinski definition) is 0. The van der Waals surface area contributed by atoms with Gasteiger partial charge in [-0.15, -0.1) is 0 Å². The monoisotopic (exact) mass is 886 g/mol. The Labute approximate surface area is 331 Å². The molecule has 4 atom stereocenters. The second-order valence-corrected chi connectivity index (χ2v) is 13.2. The topological polar surface area (TPSA) is 89.5 Å². The van der Waals surface area contributed by atoms with Crippen LogP contribution in [-0.4, -0.2) is 54.6 Å². The first-order chi connectivity index (χ1) is 24.5. The fourth-order valence-corrected chi connectivity index (χ4v) is 6.94. The number of allylic oxidation sites excluding steroid dienone is 4. The van der Waals surface area contributed by atoms with Gasteiger partial charge in [0.15, 0.2) is 0 Å². The van der Waals surface area contributed by atoms with E-state index in [4.69, 9.17) is 28.4 Å². The van der Waals surface area contributed by atoms with E-state index in [9.17, 15) is 9.59 Å². The van der Waals surface area contributed by atoms with Gasteiger partial charge in [-0.05, 0) is 75.8 Å². The van der Waals surface area contributed by atoms with Crippen LogP contribution in [0.3, 0.4) is 0 Å². The van der Waals surface area contributed by atoms with Crippen LogP contribution in [0.5, 0.6) is 23.0 Å². The van der Waals surface area contributed by atoms with Crippen LogP contribution in [0.25, 0.3) is 0 Å². The molecule has 0 aromatic heterocycles. The molecule has 0 unspecified atom stereocenters. The number of carbonyl (C=O) groups is 2. The third-order valence-corrected chi connectivity index (χ3v) is 9.28. The van der Waals surface area contributed by atoms with Gasteiger partial charge in [-0.3, -0.25) is 9.59 Å². The van der Waals surface area contributed by atoms with Crippen LogP contribution < -0.4 is 18.9 Å². The van der Waals surface area contributed by atoms with Crippen molar-refractivity contribution in [2.75, 3.05) is 42.7 Å². The van der Waals surface area contributed by atoms with Crippen LogP contribution in [0.2, 0.25) is 0 Å². The summed E-state index contributed by atoms with van der Waals surface area (Å²) in [5.74, 6) is 1.96. The molecule has 0 amide bonds. The Balaban J connectivity index is 0.000000454. The van der Waals surface area contributed by atoms with E-state index in [2.05, 4.69) is 81.5 Å². The molecule has 0 radical (unpaired) electrons. The number of methoxy groups -OCH3 is 6. The minimum atomic E-state index is -0.224. The second-order valence-electron chi connectivity index (χ2n) is 12.3. The van der Waals surface area contributed by atoms with E-state index >= 15 is 0 Å². The Kier molecular flexibility index (Phi) is 22.7. The van der Waals surface area contributed by atoms with Gasteiger partial charge < -0.3 is 35.3 Å². The summed E-state index contributed by atoms with van der Waals surface area (Å²) in [5.41, 5.74) is 5.55. The summed E-state index contributed by atoms with van der Waals surface area (Å²) in [5, 5.41) is 0. The minimum absolute atomic E-state index is 0.0909. The molecule has 0 saturated heterocycles. The van der Waals surface area contributed by atoms with Gasteiger partial charge in [0.25, 0.3) is 0 Å². The second kappa shape index (κ2) is 24.8. The average Bonchev–Trinajstić information content (AvgIpc) is 3.14. The van der Waals surface area contributed by atoms with Crippen LogP contribution >= 0.6 is 29.6 Å². The number of aryl methyl sites for hydroxylation is 1. The molecule has 2 aromatic rings. The van der Waals surface area contributed by atoms with Crippen LogP contribution in [0.15, 0.2) is 52.0 Å².